The Morgan fingerprint density at radius 3 is 2.90 bits per heavy atom. The third-order valence-electron chi connectivity index (χ3n) is 4.77. The van der Waals surface area contributed by atoms with Gasteiger partial charge in [-0.15, -0.1) is 21.5 Å². The molecule has 3 aromatic rings. The van der Waals surface area contributed by atoms with E-state index in [4.69, 9.17) is 14.5 Å². The third kappa shape index (κ3) is 4.51. The van der Waals surface area contributed by atoms with Crippen molar-refractivity contribution < 1.29 is 9.47 Å². The second kappa shape index (κ2) is 8.52. The molecule has 4 rings (SSSR count). The molecule has 0 fully saturated rings. The number of nitrogens with one attached hydrogen (secondary N) is 1. The minimum Gasteiger partial charge on any atom is -0.454 e. The first-order valence-corrected chi connectivity index (χ1v) is 10.2. The topological polar surface area (TPSA) is 76.8 Å². The van der Waals surface area contributed by atoms with Crippen LogP contribution in [-0.4, -0.2) is 39.5 Å². The second-order valence-electron chi connectivity index (χ2n) is 6.84. The van der Waals surface area contributed by atoms with E-state index in [0.717, 1.165) is 41.2 Å². The largest absolute Gasteiger partial charge is 0.454 e. The average molecular weight is 413 g/mol. The first kappa shape index (κ1) is 19.3. The molecular weight excluding hydrogens is 388 g/mol. The molecule has 1 aliphatic rings. The molecule has 152 valence electrons. The van der Waals surface area contributed by atoms with Gasteiger partial charge in [-0.2, -0.15) is 0 Å². The molecule has 0 amide bonds. The lowest BCUT2D eigenvalue weighted by atomic mass is 10.2. The average Bonchev–Trinajstić information content (AvgIpc) is 3.45. The molecule has 0 atom stereocenters. The minimum absolute atomic E-state index is 0.279. The fraction of sp³-hybridized carbons (Fsp3) is 0.350. The molecular formula is C20H24N6O2S. The van der Waals surface area contributed by atoms with Crippen LogP contribution >= 0.6 is 11.3 Å². The molecule has 1 N–H and O–H groups in total. The summed E-state index contributed by atoms with van der Waals surface area (Å²) in [5.74, 6) is 4.08. The fourth-order valence-corrected chi connectivity index (χ4v) is 3.66. The summed E-state index contributed by atoms with van der Waals surface area (Å²) >= 11 is 1.72. The molecule has 29 heavy (non-hydrogen) atoms. The Morgan fingerprint density at radius 2 is 2.14 bits per heavy atom. The van der Waals surface area contributed by atoms with Gasteiger partial charge in [-0.3, -0.25) is 0 Å². The van der Waals surface area contributed by atoms with Crippen LogP contribution in [0.15, 0.2) is 40.7 Å². The van der Waals surface area contributed by atoms with Crippen molar-refractivity contribution in [3.63, 3.8) is 0 Å². The molecule has 0 spiro atoms. The van der Waals surface area contributed by atoms with Gasteiger partial charge in [0.05, 0.1) is 6.54 Å². The van der Waals surface area contributed by atoms with Crippen molar-refractivity contribution in [3.05, 3.63) is 57.8 Å². The highest BCUT2D eigenvalue weighted by Crippen LogP contribution is 2.32. The number of hydrogen-bond acceptors (Lipinski definition) is 6. The van der Waals surface area contributed by atoms with Crippen LogP contribution in [-0.2, 0) is 26.7 Å². The van der Waals surface area contributed by atoms with E-state index in [2.05, 4.69) is 37.9 Å². The zero-order valence-electron chi connectivity index (χ0n) is 16.8. The minimum atomic E-state index is 0.279. The molecule has 0 saturated heterocycles. The van der Waals surface area contributed by atoms with Crippen LogP contribution in [0.2, 0.25) is 0 Å². The number of aryl methyl sites for hydroxylation is 1. The number of benzene rings is 1. The van der Waals surface area contributed by atoms with Crippen LogP contribution in [0.1, 0.15) is 22.1 Å². The van der Waals surface area contributed by atoms with Crippen molar-refractivity contribution in [2.45, 2.75) is 26.6 Å². The zero-order chi connectivity index (χ0) is 20.2. The lowest BCUT2D eigenvalue weighted by molar-refractivity contribution is 0.174. The number of aliphatic imine (C=N–C) groups is 1. The maximum Gasteiger partial charge on any atom is 0.231 e. The number of rotatable bonds is 6. The fourth-order valence-electron chi connectivity index (χ4n) is 3.01. The number of nitrogens with zero attached hydrogens (tertiary/aromatic N) is 5. The molecule has 0 radical (unpaired) electrons. The molecule has 1 aromatic carbocycles. The van der Waals surface area contributed by atoms with E-state index in [1.165, 1.54) is 4.88 Å². The molecule has 0 saturated carbocycles. The third-order valence-corrected chi connectivity index (χ3v) is 5.65. The normalized spacial score (nSPS) is 13.0. The van der Waals surface area contributed by atoms with Crippen LogP contribution in [0.4, 0.5) is 0 Å². The molecule has 2 aromatic heterocycles. The van der Waals surface area contributed by atoms with E-state index in [-0.39, 0.29) is 6.79 Å². The van der Waals surface area contributed by atoms with Gasteiger partial charge < -0.3 is 24.3 Å². The second-order valence-corrected chi connectivity index (χ2v) is 7.87. The first-order chi connectivity index (χ1) is 14.1. The van der Waals surface area contributed by atoms with E-state index in [1.54, 1.807) is 11.3 Å². The number of ether oxygens (including phenoxy) is 2. The van der Waals surface area contributed by atoms with E-state index >= 15 is 0 Å². The van der Waals surface area contributed by atoms with E-state index in [0.29, 0.717) is 13.1 Å². The quantitative estimate of drug-likeness (QED) is 0.496. The predicted octanol–water partition coefficient (Wildman–Crippen LogP) is 2.69. The van der Waals surface area contributed by atoms with Crippen molar-refractivity contribution in [2.75, 3.05) is 13.8 Å². The van der Waals surface area contributed by atoms with Crippen LogP contribution in [0.3, 0.4) is 0 Å². The molecule has 8 nitrogen and oxygen atoms in total. The van der Waals surface area contributed by atoms with Gasteiger partial charge in [-0.05, 0) is 36.1 Å². The molecule has 0 bridgehead atoms. The highest BCUT2D eigenvalue weighted by molar-refractivity contribution is 7.09. The summed E-state index contributed by atoms with van der Waals surface area (Å²) in [6.45, 7) is 4.07. The number of thiophene rings is 1. The monoisotopic (exact) mass is 412 g/mol. The Kier molecular flexibility index (Phi) is 5.66. The van der Waals surface area contributed by atoms with E-state index in [1.807, 2.05) is 43.8 Å². The van der Waals surface area contributed by atoms with Crippen LogP contribution in [0.25, 0.3) is 0 Å². The highest BCUT2D eigenvalue weighted by Gasteiger charge is 2.15. The van der Waals surface area contributed by atoms with Gasteiger partial charge in [0.15, 0.2) is 23.3 Å². The van der Waals surface area contributed by atoms with Crippen molar-refractivity contribution in [2.24, 2.45) is 12.0 Å². The Bertz CT molecular complexity index is 999. The van der Waals surface area contributed by atoms with Crippen molar-refractivity contribution in [1.29, 1.82) is 0 Å². The Morgan fingerprint density at radius 1 is 1.28 bits per heavy atom. The molecule has 0 aliphatic carbocycles. The van der Waals surface area contributed by atoms with Gasteiger partial charge >= 0.3 is 0 Å². The standard InChI is InChI=1S/C20H24N6O2S/c1-14-23-24-19(26(14)3)11-22-20(21-10-16-5-4-8-29-16)25(2)12-15-6-7-17-18(9-15)28-13-27-17/h4-9H,10-13H2,1-3H3,(H,21,22). The van der Waals surface area contributed by atoms with Crippen molar-refractivity contribution >= 4 is 17.3 Å². The van der Waals surface area contributed by atoms with Crippen LogP contribution in [0.5, 0.6) is 11.5 Å². The Labute approximate surface area is 173 Å². The van der Waals surface area contributed by atoms with Gasteiger partial charge in [-0.25, -0.2) is 4.99 Å². The first-order valence-electron chi connectivity index (χ1n) is 9.35. The van der Waals surface area contributed by atoms with Crippen LogP contribution in [0, 0.1) is 6.92 Å². The molecule has 0 unspecified atom stereocenters. The van der Waals surface area contributed by atoms with Gasteiger partial charge in [-0.1, -0.05) is 12.1 Å². The Hall–Kier alpha value is -3.07. The van der Waals surface area contributed by atoms with Gasteiger partial charge in [0.1, 0.15) is 12.4 Å². The molecule has 9 heteroatoms. The van der Waals surface area contributed by atoms with Crippen molar-refractivity contribution in [1.82, 2.24) is 25.0 Å². The lowest BCUT2D eigenvalue weighted by Gasteiger charge is -2.22. The van der Waals surface area contributed by atoms with E-state index in [9.17, 15) is 0 Å². The zero-order valence-corrected chi connectivity index (χ0v) is 17.6. The smallest absolute Gasteiger partial charge is 0.231 e. The highest BCUT2D eigenvalue weighted by atomic mass is 32.1. The predicted molar refractivity (Wildman–Crippen MR) is 112 cm³/mol. The molecule has 3 heterocycles. The number of aromatic nitrogens is 3. The summed E-state index contributed by atoms with van der Waals surface area (Å²) in [5, 5.41) is 13.9. The Balaban J connectivity index is 1.49. The van der Waals surface area contributed by atoms with Crippen LogP contribution < -0.4 is 14.8 Å². The number of guanidine groups is 1. The summed E-state index contributed by atoms with van der Waals surface area (Å²) in [6, 6.07) is 10.2. The van der Waals surface area contributed by atoms with Crippen molar-refractivity contribution in [3.8, 4) is 11.5 Å². The lowest BCUT2D eigenvalue weighted by Crippen LogP contribution is -2.38. The van der Waals surface area contributed by atoms with Gasteiger partial charge in [0.25, 0.3) is 0 Å². The summed E-state index contributed by atoms with van der Waals surface area (Å²) in [4.78, 5) is 8.14. The summed E-state index contributed by atoms with van der Waals surface area (Å²) in [5.41, 5.74) is 1.12. The SMILES string of the molecule is Cc1nnc(CN=C(NCc2cccs2)N(C)Cc2ccc3c(c2)OCO3)n1C. The number of hydrogen-bond donors (Lipinski definition) is 1. The number of fused-ring (bicyclic) bond motifs is 1. The summed E-state index contributed by atoms with van der Waals surface area (Å²) < 4.78 is 12.9. The van der Waals surface area contributed by atoms with E-state index < -0.39 is 0 Å². The van der Waals surface area contributed by atoms with Gasteiger partial charge in [0, 0.05) is 25.5 Å². The summed E-state index contributed by atoms with van der Waals surface area (Å²) in [6.07, 6.45) is 0. The van der Waals surface area contributed by atoms with Gasteiger partial charge in [0.2, 0.25) is 6.79 Å². The maximum atomic E-state index is 5.50. The maximum absolute atomic E-state index is 5.50. The summed E-state index contributed by atoms with van der Waals surface area (Å²) in [7, 11) is 3.97. The molecule has 1 aliphatic heterocycles.